The molecule has 23 heavy (non-hydrogen) atoms. The summed E-state index contributed by atoms with van der Waals surface area (Å²) >= 11 is 0. The van der Waals surface area contributed by atoms with Crippen molar-refractivity contribution in [2.24, 2.45) is 0 Å². The zero-order valence-corrected chi connectivity index (χ0v) is 13.0. The molecule has 0 heterocycles. The highest BCUT2D eigenvalue weighted by Crippen LogP contribution is 2.15. The second kappa shape index (κ2) is 7.42. The third-order valence-corrected chi connectivity index (χ3v) is 3.35. The van der Waals surface area contributed by atoms with Crippen molar-refractivity contribution in [1.29, 1.82) is 0 Å². The number of amides is 2. The molecule has 0 fully saturated rings. The fourth-order valence-electron chi connectivity index (χ4n) is 2.05. The Morgan fingerprint density at radius 1 is 1.00 bits per heavy atom. The molecule has 0 atom stereocenters. The van der Waals surface area contributed by atoms with Gasteiger partial charge in [-0.2, -0.15) is 0 Å². The molecule has 0 saturated carbocycles. The zero-order chi connectivity index (χ0) is 16.8. The standard InChI is InChI=1S/C17H19N3O3/c1-20(2)15-9-5-13(6-10-15)17(22)18-14-7-3-12(4-8-14)11-16(21)19-23/h3-10,23H,11H2,1-2H3,(H,18,22)(H,19,21). The van der Waals surface area contributed by atoms with Crippen molar-refractivity contribution < 1.29 is 14.8 Å². The fourth-order valence-corrected chi connectivity index (χ4v) is 2.05. The number of hydroxylamine groups is 1. The number of anilines is 2. The predicted octanol–water partition coefficient (Wildman–Crippen LogP) is 2.05. The number of rotatable bonds is 5. The first kappa shape index (κ1) is 16.5. The summed E-state index contributed by atoms with van der Waals surface area (Å²) in [5, 5.41) is 11.3. The molecular weight excluding hydrogens is 294 g/mol. The lowest BCUT2D eigenvalue weighted by molar-refractivity contribution is -0.128. The number of benzene rings is 2. The SMILES string of the molecule is CN(C)c1ccc(C(=O)Nc2ccc(CC(=O)NO)cc2)cc1. The third kappa shape index (κ3) is 4.55. The van der Waals surface area contributed by atoms with Gasteiger partial charge in [0.05, 0.1) is 6.42 Å². The van der Waals surface area contributed by atoms with Crippen LogP contribution in [0.1, 0.15) is 15.9 Å². The van der Waals surface area contributed by atoms with E-state index in [0.29, 0.717) is 11.3 Å². The molecule has 2 aromatic carbocycles. The van der Waals surface area contributed by atoms with Crippen molar-refractivity contribution in [3.8, 4) is 0 Å². The van der Waals surface area contributed by atoms with Crippen LogP contribution in [-0.2, 0) is 11.2 Å². The molecule has 120 valence electrons. The molecule has 0 unspecified atom stereocenters. The Labute approximate surface area is 134 Å². The normalized spacial score (nSPS) is 10.0. The Morgan fingerprint density at radius 2 is 1.61 bits per heavy atom. The van der Waals surface area contributed by atoms with Crippen LogP contribution in [0.5, 0.6) is 0 Å². The van der Waals surface area contributed by atoms with Crippen LogP contribution in [-0.4, -0.2) is 31.1 Å². The first-order chi connectivity index (χ1) is 11.0. The smallest absolute Gasteiger partial charge is 0.255 e. The van der Waals surface area contributed by atoms with E-state index in [2.05, 4.69) is 5.32 Å². The lowest BCUT2D eigenvalue weighted by atomic mass is 10.1. The fraction of sp³-hybridized carbons (Fsp3) is 0.176. The molecule has 0 aliphatic heterocycles. The van der Waals surface area contributed by atoms with E-state index in [1.54, 1.807) is 41.9 Å². The van der Waals surface area contributed by atoms with Crippen molar-refractivity contribution in [3.05, 3.63) is 59.7 Å². The van der Waals surface area contributed by atoms with Crippen LogP contribution in [0.15, 0.2) is 48.5 Å². The molecule has 6 heteroatoms. The van der Waals surface area contributed by atoms with Gasteiger partial charge in [-0.25, -0.2) is 5.48 Å². The lowest BCUT2D eigenvalue weighted by Crippen LogP contribution is -2.20. The van der Waals surface area contributed by atoms with Gasteiger partial charge in [-0.3, -0.25) is 14.8 Å². The summed E-state index contributed by atoms with van der Waals surface area (Å²) in [6, 6.07) is 14.2. The van der Waals surface area contributed by atoms with E-state index in [4.69, 9.17) is 5.21 Å². The van der Waals surface area contributed by atoms with E-state index in [0.717, 1.165) is 11.3 Å². The van der Waals surface area contributed by atoms with Crippen LogP contribution in [0.2, 0.25) is 0 Å². The molecule has 6 nitrogen and oxygen atoms in total. The molecule has 2 amide bonds. The van der Waals surface area contributed by atoms with Gasteiger partial charge in [0, 0.05) is 31.0 Å². The first-order valence-electron chi connectivity index (χ1n) is 7.10. The zero-order valence-electron chi connectivity index (χ0n) is 13.0. The molecule has 0 spiro atoms. The van der Waals surface area contributed by atoms with Crippen molar-refractivity contribution >= 4 is 23.2 Å². The summed E-state index contributed by atoms with van der Waals surface area (Å²) in [5.74, 6) is -0.682. The molecule has 0 aliphatic carbocycles. The summed E-state index contributed by atoms with van der Waals surface area (Å²) in [4.78, 5) is 25.2. The van der Waals surface area contributed by atoms with E-state index in [-0.39, 0.29) is 12.3 Å². The topological polar surface area (TPSA) is 81.7 Å². The Morgan fingerprint density at radius 3 is 2.13 bits per heavy atom. The maximum absolute atomic E-state index is 12.2. The summed E-state index contributed by atoms with van der Waals surface area (Å²) in [7, 11) is 3.88. The van der Waals surface area contributed by atoms with Crippen molar-refractivity contribution in [2.75, 3.05) is 24.3 Å². The Balaban J connectivity index is 2.01. The average Bonchev–Trinajstić information content (AvgIpc) is 2.56. The molecular formula is C17H19N3O3. The van der Waals surface area contributed by atoms with E-state index in [1.165, 1.54) is 0 Å². The lowest BCUT2D eigenvalue weighted by Gasteiger charge is -2.12. The predicted molar refractivity (Wildman–Crippen MR) is 88.8 cm³/mol. The Hall–Kier alpha value is -2.86. The summed E-state index contributed by atoms with van der Waals surface area (Å²) < 4.78 is 0. The van der Waals surface area contributed by atoms with Crippen molar-refractivity contribution in [1.82, 2.24) is 5.48 Å². The molecule has 0 bridgehead atoms. The summed E-state index contributed by atoms with van der Waals surface area (Å²) in [5.41, 5.74) is 4.55. The third-order valence-electron chi connectivity index (χ3n) is 3.35. The molecule has 0 saturated heterocycles. The van der Waals surface area contributed by atoms with Gasteiger partial charge in [-0.05, 0) is 42.0 Å². The summed E-state index contributed by atoms with van der Waals surface area (Å²) in [6.45, 7) is 0. The number of nitrogens with one attached hydrogen (secondary N) is 2. The monoisotopic (exact) mass is 313 g/mol. The van der Waals surface area contributed by atoms with Gasteiger partial charge in [-0.15, -0.1) is 0 Å². The van der Waals surface area contributed by atoms with Crippen LogP contribution in [0.4, 0.5) is 11.4 Å². The number of carbonyl (C=O) groups excluding carboxylic acids is 2. The minimum absolute atomic E-state index is 0.0801. The molecule has 2 rings (SSSR count). The molecule has 3 N–H and O–H groups in total. The molecule has 2 aromatic rings. The highest BCUT2D eigenvalue weighted by Gasteiger charge is 2.07. The van der Waals surface area contributed by atoms with Crippen LogP contribution < -0.4 is 15.7 Å². The van der Waals surface area contributed by atoms with Crippen LogP contribution in [0, 0.1) is 0 Å². The largest absolute Gasteiger partial charge is 0.378 e. The second-order valence-electron chi connectivity index (χ2n) is 5.30. The van der Waals surface area contributed by atoms with Gasteiger partial charge < -0.3 is 10.2 Å². The van der Waals surface area contributed by atoms with Crippen molar-refractivity contribution in [2.45, 2.75) is 6.42 Å². The second-order valence-corrected chi connectivity index (χ2v) is 5.30. The molecule has 0 radical (unpaired) electrons. The Bertz CT molecular complexity index is 679. The molecule has 0 aliphatic rings. The number of nitrogens with zero attached hydrogens (tertiary/aromatic N) is 1. The minimum Gasteiger partial charge on any atom is -0.378 e. The number of hydrogen-bond acceptors (Lipinski definition) is 4. The van der Waals surface area contributed by atoms with Gasteiger partial charge >= 0.3 is 0 Å². The molecule has 0 aromatic heterocycles. The maximum Gasteiger partial charge on any atom is 0.255 e. The number of hydrogen-bond donors (Lipinski definition) is 3. The van der Waals surface area contributed by atoms with Gasteiger partial charge in [0.25, 0.3) is 5.91 Å². The van der Waals surface area contributed by atoms with Crippen LogP contribution in [0.25, 0.3) is 0 Å². The Kier molecular flexibility index (Phi) is 5.32. The average molecular weight is 313 g/mol. The van der Waals surface area contributed by atoms with Crippen LogP contribution in [0.3, 0.4) is 0 Å². The van der Waals surface area contributed by atoms with Crippen molar-refractivity contribution in [3.63, 3.8) is 0 Å². The quantitative estimate of drug-likeness (QED) is 0.583. The first-order valence-corrected chi connectivity index (χ1v) is 7.10. The maximum atomic E-state index is 12.2. The van der Waals surface area contributed by atoms with E-state index in [1.807, 2.05) is 31.1 Å². The van der Waals surface area contributed by atoms with Gasteiger partial charge in [0.15, 0.2) is 0 Å². The van der Waals surface area contributed by atoms with Crippen LogP contribution >= 0.6 is 0 Å². The summed E-state index contributed by atoms with van der Waals surface area (Å²) in [6.07, 6.45) is 0.0801. The number of carbonyl (C=O) groups is 2. The highest BCUT2D eigenvalue weighted by atomic mass is 16.5. The van der Waals surface area contributed by atoms with E-state index >= 15 is 0 Å². The van der Waals surface area contributed by atoms with Gasteiger partial charge in [-0.1, -0.05) is 12.1 Å². The van der Waals surface area contributed by atoms with E-state index < -0.39 is 5.91 Å². The van der Waals surface area contributed by atoms with E-state index in [9.17, 15) is 9.59 Å². The minimum atomic E-state index is -0.484. The van der Waals surface area contributed by atoms with Gasteiger partial charge in [0.2, 0.25) is 5.91 Å². The highest BCUT2D eigenvalue weighted by molar-refractivity contribution is 6.04. The van der Waals surface area contributed by atoms with Gasteiger partial charge in [0.1, 0.15) is 0 Å².